The Morgan fingerprint density at radius 3 is 2.90 bits per heavy atom. The third-order valence-corrected chi connectivity index (χ3v) is 0.497. The lowest BCUT2D eigenvalue weighted by molar-refractivity contribution is -0.462. The Hall–Kier alpha value is -1.66. The summed E-state index contributed by atoms with van der Waals surface area (Å²) in [4.78, 5) is 18.9. The van der Waals surface area contributed by atoms with Crippen LogP contribution >= 0.6 is 0 Å². The topological polar surface area (TPSA) is 111 Å². The van der Waals surface area contributed by atoms with Crippen LogP contribution in [0.2, 0.25) is 0 Å². The number of carbonyl (C=O) groups excluding carboxylic acids is 1. The van der Waals surface area contributed by atoms with Crippen LogP contribution < -0.4 is 11.2 Å². The van der Waals surface area contributed by atoms with Crippen LogP contribution in [-0.2, 0) is 0 Å². The van der Waals surface area contributed by atoms with E-state index in [9.17, 15) is 14.9 Å². The summed E-state index contributed by atoms with van der Waals surface area (Å²) in [6, 6.07) is -0.848. The Morgan fingerprint density at radius 1 is 1.90 bits per heavy atom. The molecule has 0 fully saturated rings. The maximum Gasteiger partial charge on any atom is 0.332 e. The van der Waals surface area contributed by atoms with Crippen LogP contribution in [0.3, 0.4) is 0 Å². The molecule has 0 unspecified atom stereocenters. The average molecular weight is 146 g/mol. The molecule has 0 spiro atoms. The van der Waals surface area contributed by atoms with Gasteiger partial charge in [0.2, 0.25) is 6.54 Å². The van der Waals surface area contributed by atoms with E-state index < -0.39 is 17.5 Å². The van der Waals surface area contributed by atoms with Crippen LogP contribution in [0.5, 0.6) is 0 Å². The van der Waals surface area contributed by atoms with E-state index in [1.54, 1.807) is 5.43 Å². The number of hydrazone groups is 1. The molecule has 7 heteroatoms. The highest BCUT2D eigenvalue weighted by molar-refractivity contribution is 5.72. The normalized spacial score (nSPS) is 9.60. The number of primary amides is 1. The molecule has 0 aliphatic heterocycles. The lowest BCUT2D eigenvalue weighted by atomic mass is 10.8. The Balaban J connectivity index is 3.38. The first-order chi connectivity index (χ1) is 4.63. The maximum absolute atomic E-state index is 9.87. The molecule has 10 heavy (non-hydrogen) atoms. The van der Waals surface area contributed by atoms with E-state index in [0.717, 1.165) is 6.21 Å². The van der Waals surface area contributed by atoms with Crippen molar-refractivity contribution >= 4 is 12.2 Å². The number of carbonyl (C=O) groups is 1. The molecule has 0 saturated carbocycles. The molecule has 0 aromatic heterocycles. The lowest BCUT2D eigenvalue weighted by Gasteiger charge is -1.87. The molecule has 0 aliphatic rings. The number of urea groups is 1. The summed E-state index contributed by atoms with van der Waals surface area (Å²) < 4.78 is 0. The Morgan fingerprint density at radius 2 is 2.50 bits per heavy atom. The number of rotatable bonds is 3. The molecule has 0 saturated heterocycles. The molecule has 0 rings (SSSR count). The zero-order valence-corrected chi connectivity index (χ0v) is 4.98. The minimum absolute atomic E-state index is 0.430. The smallest absolute Gasteiger partial charge is 0.332 e. The molecule has 0 aromatic carbocycles. The van der Waals surface area contributed by atoms with Crippen molar-refractivity contribution in [2.24, 2.45) is 10.8 Å². The SMILES string of the molecule is NC(=O)N/N=C/C[N+](=O)[O-]. The van der Waals surface area contributed by atoms with Crippen LogP contribution in [0, 0.1) is 10.1 Å². The highest BCUT2D eigenvalue weighted by atomic mass is 16.6. The molecular weight excluding hydrogens is 140 g/mol. The molecule has 0 radical (unpaired) electrons. The summed E-state index contributed by atoms with van der Waals surface area (Å²) in [7, 11) is 0. The quantitative estimate of drug-likeness (QED) is 0.300. The van der Waals surface area contributed by atoms with Crippen molar-refractivity contribution in [3.63, 3.8) is 0 Å². The first-order valence-electron chi connectivity index (χ1n) is 2.31. The number of nitrogens with one attached hydrogen (secondary N) is 1. The van der Waals surface area contributed by atoms with Gasteiger partial charge in [-0.05, 0) is 0 Å². The van der Waals surface area contributed by atoms with Gasteiger partial charge in [0.15, 0.2) is 0 Å². The zero-order chi connectivity index (χ0) is 7.98. The first kappa shape index (κ1) is 8.34. The van der Waals surface area contributed by atoms with Crippen molar-refractivity contribution in [2.45, 2.75) is 0 Å². The van der Waals surface area contributed by atoms with Crippen LogP contribution in [0.4, 0.5) is 4.79 Å². The lowest BCUT2D eigenvalue weighted by Crippen LogP contribution is -2.24. The number of hydrogen-bond donors (Lipinski definition) is 2. The molecule has 0 aromatic rings. The monoisotopic (exact) mass is 146 g/mol. The fourth-order valence-corrected chi connectivity index (χ4v) is 0.217. The van der Waals surface area contributed by atoms with Crippen molar-refractivity contribution in [3.05, 3.63) is 10.1 Å². The highest BCUT2D eigenvalue weighted by Gasteiger charge is 1.89. The van der Waals surface area contributed by atoms with E-state index in [1.807, 2.05) is 0 Å². The molecule has 2 amide bonds. The molecule has 0 aliphatic carbocycles. The van der Waals surface area contributed by atoms with Gasteiger partial charge in [0.25, 0.3) is 0 Å². The van der Waals surface area contributed by atoms with Crippen molar-refractivity contribution < 1.29 is 9.72 Å². The molecule has 0 atom stereocenters. The molecule has 0 bridgehead atoms. The average Bonchev–Trinajstić information content (AvgIpc) is 1.79. The second-order valence-corrected chi connectivity index (χ2v) is 1.30. The van der Waals surface area contributed by atoms with E-state index >= 15 is 0 Å². The number of nitrogens with zero attached hydrogens (tertiary/aromatic N) is 2. The van der Waals surface area contributed by atoms with Gasteiger partial charge >= 0.3 is 6.03 Å². The van der Waals surface area contributed by atoms with E-state index in [0.29, 0.717) is 0 Å². The number of amides is 2. The van der Waals surface area contributed by atoms with Gasteiger partial charge in [-0.25, -0.2) is 10.2 Å². The predicted molar refractivity (Wildman–Crippen MR) is 33.1 cm³/mol. The third kappa shape index (κ3) is 6.34. The van der Waals surface area contributed by atoms with E-state index in [1.165, 1.54) is 0 Å². The number of hydrogen-bond acceptors (Lipinski definition) is 4. The van der Waals surface area contributed by atoms with Gasteiger partial charge in [-0.1, -0.05) is 0 Å². The minimum Gasteiger partial charge on any atom is -0.350 e. The van der Waals surface area contributed by atoms with E-state index in [4.69, 9.17) is 0 Å². The molecule has 7 nitrogen and oxygen atoms in total. The molecular formula is C3H6N4O3. The number of nitro groups is 1. The van der Waals surface area contributed by atoms with Crippen LogP contribution in [0.1, 0.15) is 0 Å². The fraction of sp³-hybridized carbons (Fsp3) is 0.333. The van der Waals surface area contributed by atoms with Gasteiger partial charge in [0, 0.05) is 4.92 Å². The summed E-state index contributed by atoms with van der Waals surface area (Å²) in [6.07, 6.45) is 0.935. The third-order valence-electron chi connectivity index (χ3n) is 0.497. The van der Waals surface area contributed by atoms with Crippen LogP contribution in [-0.4, -0.2) is 23.7 Å². The zero-order valence-electron chi connectivity index (χ0n) is 4.98. The van der Waals surface area contributed by atoms with Gasteiger partial charge < -0.3 is 5.73 Å². The highest BCUT2D eigenvalue weighted by Crippen LogP contribution is 1.62. The Labute approximate surface area is 56.0 Å². The Bertz CT molecular complexity index is 147. The first-order valence-corrected chi connectivity index (χ1v) is 2.31. The summed E-state index contributed by atoms with van der Waals surface area (Å²) in [5.74, 6) is 0. The summed E-state index contributed by atoms with van der Waals surface area (Å²) >= 11 is 0. The minimum atomic E-state index is -0.848. The predicted octanol–water partition coefficient (Wildman–Crippen LogP) is -1.08. The van der Waals surface area contributed by atoms with Crippen molar-refractivity contribution in [1.82, 2.24) is 5.43 Å². The van der Waals surface area contributed by atoms with E-state index in [-0.39, 0.29) is 0 Å². The van der Waals surface area contributed by atoms with E-state index in [2.05, 4.69) is 10.8 Å². The standard InChI is InChI=1S/C3H6N4O3/c4-3(8)6-5-1-2-7(9)10/h1H,2H2,(H3,4,6,8)/b5-1+. The summed E-state index contributed by atoms with van der Waals surface area (Å²) in [6.45, 7) is -0.430. The van der Waals surface area contributed by atoms with Gasteiger partial charge in [0.1, 0.15) is 0 Å². The van der Waals surface area contributed by atoms with Gasteiger partial charge in [0.05, 0.1) is 6.21 Å². The largest absolute Gasteiger partial charge is 0.350 e. The van der Waals surface area contributed by atoms with Crippen molar-refractivity contribution in [1.29, 1.82) is 0 Å². The fourth-order valence-electron chi connectivity index (χ4n) is 0.217. The van der Waals surface area contributed by atoms with Crippen molar-refractivity contribution in [3.8, 4) is 0 Å². The van der Waals surface area contributed by atoms with Crippen molar-refractivity contribution in [2.75, 3.05) is 6.54 Å². The maximum atomic E-state index is 9.87. The van der Waals surface area contributed by atoms with Gasteiger partial charge in [-0.3, -0.25) is 10.1 Å². The van der Waals surface area contributed by atoms with Gasteiger partial charge in [-0.2, -0.15) is 5.10 Å². The number of nitrogens with two attached hydrogens (primary N) is 1. The molecule has 0 heterocycles. The molecule has 56 valence electrons. The van der Waals surface area contributed by atoms with Crippen LogP contribution in [0.25, 0.3) is 0 Å². The molecule has 3 N–H and O–H groups in total. The van der Waals surface area contributed by atoms with Crippen LogP contribution in [0.15, 0.2) is 5.10 Å². The van der Waals surface area contributed by atoms with Gasteiger partial charge in [-0.15, -0.1) is 0 Å². The second kappa shape index (κ2) is 4.24. The summed E-state index contributed by atoms with van der Waals surface area (Å²) in [5.41, 5.74) is 6.38. The summed E-state index contributed by atoms with van der Waals surface area (Å²) in [5, 5.41) is 12.7. The Kier molecular flexibility index (Phi) is 3.54. The second-order valence-electron chi connectivity index (χ2n) is 1.30.